The highest BCUT2D eigenvalue weighted by molar-refractivity contribution is 6.04. The van der Waals surface area contributed by atoms with Crippen LogP contribution in [0.3, 0.4) is 0 Å². The second-order valence-corrected chi connectivity index (χ2v) is 8.27. The van der Waals surface area contributed by atoms with E-state index in [0.717, 1.165) is 32.4 Å². The third kappa shape index (κ3) is 4.08. The molecule has 3 heterocycles. The Kier molecular flexibility index (Phi) is 5.57. The maximum Gasteiger partial charge on any atom is 0.258 e. The molecule has 158 valence electrons. The summed E-state index contributed by atoms with van der Waals surface area (Å²) in [5.74, 6) is -0.565. The first kappa shape index (κ1) is 20.1. The molecule has 1 aromatic carbocycles. The number of aromatic amines is 1. The maximum absolute atomic E-state index is 13.0. The number of carbonyl (C=O) groups excluding carboxylic acids is 2. The molecular weight excluding hydrogens is 382 g/mol. The lowest BCUT2D eigenvalue weighted by atomic mass is 9.92. The summed E-state index contributed by atoms with van der Waals surface area (Å²) in [5, 5.41) is 5.51. The van der Waals surface area contributed by atoms with Gasteiger partial charge in [0.05, 0.1) is 11.5 Å². The van der Waals surface area contributed by atoms with E-state index in [1.165, 1.54) is 5.56 Å². The molecule has 1 atom stereocenters. The minimum Gasteiger partial charge on any atom is -0.342 e. The summed E-state index contributed by atoms with van der Waals surface area (Å²) in [6, 6.07) is 7.58. The Morgan fingerprint density at radius 3 is 2.50 bits per heavy atom. The van der Waals surface area contributed by atoms with Gasteiger partial charge in [0.1, 0.15) is 5.82 Å². The van der Waals surface area contributed by atoms with Gasteiger partial charge in [-0.15, -0.1) is 0 Å². The van der Waals surface area contributed by atoms with Gasteiger partial charge in [-0.25, -0.2) is 0 Å². The molecule has 1 fully saturated rings. The van der Waals surface area contributed by atoms with Crippen molar-refractivity contribution in [3.8, 4) is 0 Å². The first-order valence-electron chi connectivity index (χ1n) is 10.5. The zero-order valence-electron chi connectivity index (χ0n) is 17.3. The summed E-state index contributed by atoms with van der Waals surface area (Å²) >= 11 is 0. The molecule has 0 radical (unpaired) electrons. The van der Waals surface area contributed by atoms with Crippen LogP contribution in [0.5, 0.6) is 0 Å². The Labute approximate surface area is 175 Å². The summed E-state index contributed by atoms with van der Waals surface area (Å²) in [6.45, 7) is 5.82. The van der Waals surface area contributed by atoms with E-state index >= 15 is 0 Å². The highest BCUT2D eigenvalue weighted by atomic mass is 16.2. The summed E-state index contributed by atoms with van der Waals surface area (Å²) in [4.78, 5) is 47.4. The number of aromatic nitrogens is 2. The van der Waals surface area contributed by atoms with Gasteiger partial charge in [-0.1, -0.05) is 26.0 Å². The van der Waals surface area contributed by atoms with Crippen molar-refractivity contribution in [3.63, 3.8) is 0 Å². The van der Waals surface area contributed by atoms with Gasteiger partial charge in [-0.2, -0.15) is 4.98 Å². The van der Waals surface area contributed by atoms with Crippen LogP contribution in [0.1, 0.15) is 62.5 Å². The van der Waals surface area contributed by atoms with Gasteiger partial charge in [0.15, 0.2) is 0 Å². The lowest BCUT2D eigenvalue weighted by Gasteiger charge is -2.29. The fraction of sp³-hybridized carbons (Fsp3) is 0.455. The van der Waals surface area contributed by atoms with E-state index in [4.69, 9.17) is 0 Å². The minimum atomic E-state index is -0.884. The van der Waals surface area contributed by atoms with E-state index in [1.54, 1.807) is 0 Å². The number of rotatable bonds is 4. The molecule has 8 nitrogen and oxygen atoms in total. The van der Waals surface area contributed by atoms with Crippen molar-refractivity contribution in [3.05, 3.63) is 45.7 Å². The second-order valence-electron chi connectivity index (χ2n) is 8.27. The molecule has 0 saturated carbocycles. The van der Waals surface area contributed by atoms with E-state index < -0.39 is 5.92 Å². The number of nitrogens with one attached hydrogen (secondary N) is 3. The lowest BCUT2D eigenvalue weighted by molar-refractivity contribution is -0.123. The standard InChI is InChI=1S/C22H27N5O3/c1-13(2)14-6-8-15(9-7-14)23-20(29)16-12-17(28)24-19-18(16)21(30)26-22(25-19)27-10-4-3-5-11-27/h6-9,13,16H,3-5,10-12H2,1-2H3,(H,23,29)(H2,24,25,26,28,30)/t16-/m0/s1. The molecule has 0 bridgehead atoms. The topological polar surface area (TPSA) is 107 Å². The molecule has 2 aliphatic heterocycles. The zero-order valence-corrected chi connectivity index (χ0v) is 17.3. The van der Waals surface area contributed by atoms with Crippen molar-refractivity contribution in [2.75, 3.05) is 28.6 Å². The second kappa shape index (κ2) is 8.30. The van der Waals surface area contributed by atoms with Gasteiger partial charge in [-0.3, -0.25) is 19.4 Å². The molecule has 0 aliphatic carbocycles. The normalized spacial score (nSPS) is 18.7. The lowest BCUT2D eigenvalue weighted by Crippen LogP contribution is -2.38. The van der Waals surface area contributed by atoms with Gasteiger partial charge in [0.25, 0.3) is 5.56 Å². The summed E-state index contributed by atoms with van der Waals surface area (Å²) in [6.07, 6.45) is 3.14. The van der Waals surface area contributed by atoms with Crippen molar-refractivity contribution in [2.45, 2.75) is 51.4 Å². The number of hydrogen-bond acceptors (Lipinski definition) is 5. The molecule has 0 unspecified atom stereocenters. The van der Waals surface area contributed by atoms with E-state index in [2.05, 4.69) is 34.4 Å². The molecule has 2 aliphatic rings. The highest BCUT2D eigenvalue weighted by Gasteiger charge is 2.35. The first-order valence-corrected chi connectivity index (χ1v) is 10.5. The maximum atomic E-state index is 13.0. The number of fused-ring (bicyclic) bond motifs is 1. The fourth-order valence-electron chi connectivity index (χ4n) is 4.02. The SMILES string of the molecule is CC(C)c1ccc(NC(=O)[C@H]2CC(=O)Nc3nc(N4CCCCC4)[nH]c(=O)c32)cc1. The van der Waals surface area contributed by atoms with Crippen molar-refractivity contribution < 1.29 is 9.59 Å². The van der Waals surface area contributed by atoms with Crippen LogP contribution in [0.15, 0.2) is 29.1 Å². The van der Waals surface area contributed by atoms with E-state index in [0.29, 0.717) is 17.6 Å². The molecule has 30 heavy (non-hydrogen) atoms. The van der Waals surface area contributed by atoms with E-state index in [-0.39, 0.29) is 35.2 Å². The van der Waals surface area contributed by atoms with Gasteiger partial charge in [-0.05, 0) is 42.9 Å². The quantitative estimate of drug-likeness (QED) is 0.720. The zero-order chi connectivity index (χ0) is 21.3. The Bertz CT molecular complexity index is 1010. The summed E-state index contributed by atoms with van der Waals surface area (Å²) in [7, 11) is 0. The van der Waals surface area contributed by atoms with Crippen LogP contribution in [0.2, 0.25) is 0 Å². The molecule has 2 amide bonds. The number of hydrogen-bond donors (Lipinski definition) is 3. The van der Waals surface area contributed by atoms with Crippen LogP contribution in [-0.4, -0.2) is 34.9 Å². The predicted octanol–water partition coefficient (Wildman–Crippen LogP) is 2.95. The Morgan fingerprint density at radius 1 is 1.13 bits per heavy atom. The van der Waals surface area contributed by atoms with Crippen molar-refractivity contribution >= 4 is 29.3 Å². The van der Waals surface area contributed by atoms with Crippen LogP contribution >= 0.6 is 0 Å². The molecule has 1 saturated heterocycles. The first-order chi connectivity index (χ1) is 14.4. The highest BCUT2D eigenvalue weighted by Crippen LogP contribution is 2.30. The molecule has 4 rings (SSSR count). The smallest absolute Gasteiger partial charge is 0.258 e. The van der Waals surface area contributed by atoms with Crippen molar-refractivity contribution in [2.24, 2.45) is 0 Å². The van der Waals surface area contributed by atoms with Gasteiger partial charge >= 0.3 is 0 Å². The predicted molar refractivity (Wildman–Crippen MR) is 116 cm³/mol. The van der Waals surface area contributed by atoms with E-state index in [1.807, 2.05) is 29.2 Å². The molecule has 2 aromatic rings. The minimum absolute atomic E-state index is 0.0866. The largest absolute Gasteiger partial charge is 0.342 e. The Morgan fingerprint density at radius 2 is 1.83 bits per heavy atom. The molecule has 1 aromatic heterocycles. The number of anilines is 3. The average molecular weight is 409 g/mol. The monoisotopic (exact) mass is 409 g/mol. The van der Waals surface area contributed by atoms with Crippen LogP contribution in [0.4, 0.5) is 17.5 Å². The molecule has 3 N–H and O–H groups in total. The van der Waals surface area contributed by atoms with Crippen molar-refractivity contribution in [1.29, 1.82) is 0 Å². The summed E-state index contributed by atoms with van der Waals surface area (Å²) in [5.41, 5.74) is 1.63. The van der Waals surface area contributed by atoms with Crippen LogP contribution in [-0.2, 0) is 9.59 Å². The van der Waals surface area contributed by atoms with Crippen molar-refractivity contribution in [1.82, 2.24) is 9.97 Å². The third-order valence-corrected chi connectivity index (χ3v) is 5.76. The van der Waals surface area contributed by atoms with Crippen LogP contribution < -0.4 is 21.1 Å². The molecule has 8 heteroatoms. The number of carbonyl (C=O) groups is 2. The van der Waals surface area contributed by atoms with Crippen LogP contribution in [0.25, 0.3) is 0 Å². The van der Waals surface area contributed by atoms with Gasteiger partial charge in [0.2, 0.25) is 17.8 Å². The molecule has 0 spiro atoms. The number of H-pyrrole nitrogens is 1. The Balaban J connectivity index is 1.60. The van der Waals surface area contributed by atoms with Gasteiger partial charge < -0.3 is 15.5 Å². The molecular formula is C22H27N5O3. The number of piperidine rings is 1. The average Bonchev–Trinajstić information content (AvgIpc) is 2.73. The van der Waals surface area contributed by atoms with E-state index in [9.17, 15) is 14.4 Å². The number of benzene rings is 1. The van der Waals surface area contributed by atoms with Crippen LogP contribution in [0, 0.1) is 0 Å². The number of amides is 2. The Hall–Kier alpha value is -3.16. The fourth-order valence-corrected chi connectivity index (χ4v) is 4.02. The van der Waals surface area contributed by atoms with Gasteiger partial charge in [0, 0.05) is 25.2 Å². The number of nitrogens with zero attached hydrogens (tertiary/aromatic N) is 2. The summed E-state index contributed by atoms with van der Waals surface area (Å²) < 4.78 is 0. The third-order valence-electron chi connectivity index (χ3n) is 5.76.